The van der Waals surface area contributed by atoms with Gasteiger partial charge in [0.1, 0.15) is 0 Å². The fourth-order valence-corrected chi connectivity index (χ4v) is 9.09. The largest absolute Gasteiger partial charge is 0.448 e. The molecule has 0 saturated heterocycles. The molecule has 2 heterocycles. The van der Waals surface area contributed by atoms with Crippen LogP contribution in [0.25, 0.3) is 99.1 Å². The Bertz CT molecular complexity index is 3500. The van der Waals surface area contributed by atoms with E-state index in [1.807, 2.05) is 24.3 Å². The molecule has 11 aromatic rings. The summed E-state index contributed by atoms with van der Waals surface area (Å²) in [6.07, 6.45) is 1.71. The topological polar surface area (TPSA) is 31.4 Å². The van der Waals surface area contributed by atoms with Gasteiger partial charge in [-0.3, -0.25) is 0 Å². The number of pyridine rings is 1. The first-order valence-corrected chi connectivity index (χ1v) is 21.0. The Hall–Kier alpha value is -8.27. The van der Waals surface area contributed by atoms with E-state index in [0.717, 1.165) is 33.4 Å². The molecular formula is C59H37NO2. The Labute approximate surface area is 359 Å². The highest BCUT2D eigenvalue weighted by Crippen LogP contribution is 2.46. The molecule has 1 aliphatic heterocycles. The molecule has 0 saturated carbocycles. The lowest BCUT2D eigenvalue weighted by Crippen LogP contribution is -2.00. The smallest absolute Gasteiger partial charge is 0.263 e. The zero-order chi connectivity index (χ0) is 41.0. The van der Waals surface area contributed by atoms with Crippen LogP contribution in [0.3, 0.4) is 0 Å². The first-order chi connectivity index (χ1) is 30.7. The van der Waals surface area contributed by atoms with Gasteiger partial charge in [0.05, 0.1) is 0 Å². The van der Waals surface area contributed by atoms with Crippen LogP contribution in [0, 0.1) is 0 Å². The van der Waals surface area contributed by atoms with Crippen LogP contribution >= 0.6 is 0 Å². The molecule has 10 aromatic carbocycles. The monoisotopic (exact) mass is 791 g/mol. The number of aromatic nitrogens is 1. The lowest BCUT2D eigenvalue weighted by Gasteiger charge is -2.20. The average molecular weight is 792 g/mol. The Morgan fingerprint density at radius 3 is 1.23 bits per heavy atom. The molecule has 0 atom stereocenters. The summed E-state index contributed by atoms with van der Waals surface area (Å²) >= 11 is 0. The SMILES string of the molecule is c1ccc(-c2cc(-c3cccc(-c4cccc(-c5ccc6c(c5)Oc5ncccc5O6)c4)c3)cc(-c3cccc(-c4ccc5c6ccccc6c6ccccc6c5c4)c3)c2)cc1. The zero-order valence-electron chi connectivity index (χ0n) is 33.6. The van der Waals surface area contributed by atoms with Gasteiger partial charge in [-0.1, -0.05) is 152 Å². The lowest BCUT2D eigenvalue weighted by atomic mass is 9.90. The van der Waals surface area contributed by atoms with Gasteiger partial charge in [-0.25, -0.2) is 4.98 Å². The zero-order valence-corrected chi connectivity index (χ0v) is 33.6. The highest BCUT2D eigenvalue weighted by atomic mass is 16.6. The van der Waals surface area contributed by atoms with Crippen LogP contribution in [0.15, 0.2) is 225 Å². The van der Waals surface area contributed by atoms with Crippen molar-refractivity contribution in [3.63, 3.8) is 0 Å². The summed E-state index contributed by atoms with van der Waals surface area (Å²) in [6, 6.07) is 78.5. The van der Waals surface area contributed by atoms with Gasteiger partial charge in [-0.05, 0) is 166 Å². The minimum atomic E-state index is 0.475. The van der Waals surface area contributed by atoms with Crippen LogP contribution < -0.4 is 9.47 Å². The van der Waals surface area contributed by atoms with Crippen LogP contribution in [0.1, 0.15) is 0 Å². The van der Waals surface area contributed by atoms with Gasteiger partial charge < -0.3 is 9.47 Å². The molecule has 1 aromatic heterocycles. The summed E-state index contributed by atoms with van der Waals surface area (Å²) in [6.45, 7) is 0. The highest BCUT2D eigenvalue weighted by Gasteiger charge is 2.20. The molecule has 0 aliphatic carbocycles. The standard InChI is InChI=1S/C59H37NO2/c1-2-12-38(13-3-1)47-33-48(43-18-9-15-40(31-43)39-14-8-17-42(30-39)46-26-28-56-58(37-46)62-59-57(61-56)24-11-29-60-59)35-49(34-47)44-19-10-16-41(32-44)45-25-27-54-52-22-5-4-20-50(52)51-21-6-7-23-53(51)55(54)36-45/h1-37H. The van der Waals surface area contributed by atoms with Crippen LogP contribution in [-0.4, -0.2) is 4.98 Å². The molecule has 0 radical (unpaired) electrons. The first-order valence-electron chi connectivity index (χ1n) is 21.0. The quantitative estimate of drug-likeness (QED) is 0.157. The van der Waals surface area contributed by atoms with E-state index in [-0.39, 0.29) is 0 Å². The summed E-state index contributed by atoms with van der Waals surface area (Å²) in [7, 11) is 0. The number of nitrogens with zero attached hydrogens (tertiary/aromatic N) is 1. The Balaban J connectivity index is 0.918. The van der Waals surface area contributed by atoms with Gasteiger partial charge in [0.2, 0.25) is 0 Å². The molecule has 3 heteroatoms. The fraction of sp³-hybridized carbons (Fsp3) is 0. The van der Waals surface area contributed by atoms with E-state index >= 15 is 0 Å². The number of fused-ring (bicyclic) bond motifs is 8. The van der Waals surface area contributed by atoms with Crippen molar-refractivity contribution in [3.05, 3.63) is 225 Å². The summed E-state index contributed by atoms with van der Waals surface area (Å²) in [5.41, 5.74) is 13.8. The molecule has 0 amide bonds. The molecule has 1 aliphatic rings. The highest BCUT2D eigenvalue weighted by molar-refractivity contribution is 6.25. The second kappa shape index (κ2) is 14.8. The third kappa shape index (κ3) is 6.36. The van der Waals surface area contributed by atoms with Crippen molar-refractivity contribution in [2.24, 2.45) is 0 Å². The van der Waals surface area contributed by atoms with Gasteiger partial charge in [0.25, 0.3) is 5.88 Å². The van der Waals surface area contributed by atoms with E-state index in [1.165, 1.54) is 65.7 Å². The number of hydrogen-bond acceptors (Lipinski definition) is 3. The Kier molecular flexibility index (Phi) is 8.50. The second-order valence-corrected chi connectivity index (χ2v) is 15.9. The summed E-state index contributed by atoms with van der Waals surface area (Å²) in [5.74, 6) is 2.43. The van der Waals surface area contributed by atoms with Crippen LogP contribution in [0.2, 0.25) is 0 Å². The Morgan fingerprint density at radius 1 is 0.226 bits per heavy atom. The van der Waals surface area contributed by atoms with E-state index in [0.29, 0.717) is 23.1 Å². The second-order valence-electron chi connectivity index (χ2n) is 15.9. The van der Waals surface area contributed by atoms with Gasteiger partial charge in [-0.15, -0.1) is 0 Å². The molecule has 12 rings (SSSR count). The predicted molar refractivity (Wildman–Crippen MR) is 256 cm³/mol. The van der Waals surface area contributed by atoms with Crippen molar-refractivity contribution in [2.75, 3.05) is 0 Å². The molecule has 0 N–H and O–H groups in total. The van der Waals surface area contributed by atoms with Crippen LogP contribution in [0.5, 0.6) is 23.1 Å². The molecule has 290 valence electrons. The van der Waals surface area contributed by atoms with E-state index < -0.39 is 0 Å². The van der Waals surface area contributed by atoms with Crippen molar-refractivity contribution in [1.29, 1.82) is 0 Å². The maximum absolute atomic E-state index is 6.14. The maximum atomic E-state index is 6.14. The number of benzene rings is 10. The minimum Gasteiger partial charge on any atom is -0.448 e. The average Bonchev–Trinajstić information content (AvgIpc) is 3.35. The number of hydrogen-bond donors (Lipinski definition) is 0. The summed E-state index contributed by atoms with van der Waals surface area (Å²) in [4.78, 5) is 4.35. The lowest BCUT2D eigenvalue weighted by molar-refractivity contribution is 0.348. The number of ether oxygens (including phenoxy) is 2. The van der Waals surface area contributed by atoms with E-state index in [1.54, 1.807) is 6.20 Å². The third-order valence-electron chi connectivity index (χ3n) is 12.1. The van der Waals surface area contributed by atoms with Gasteiger partial charge >= 0.3 is 0 Å². The van der Waals surface area contributed by atoms with E-state index in [4.69, 9.17) is 9.47 Å². The molecule has 0 unspecified atom stereocenters. The normalized spacial score (nSPS) is 11.8. The predicted octanol–water partition coefficient (Wildman–Crippen LogP) is 16.4. The van der Waals surface area contributed by atoms with Crippen LogP contribution in [-0.2, 0) is 0 Å². The van der Waals surface area contributed by atoms with Crippen molar-refractivity contribution in [1.82, 2.24) is 4.98 Å². The first kappa shape index (κ1) is 35.7. The molecule has 3 nitrogen and oxygen atoms in total. The van der Waals surface area contributed by atoms with Crippen molar-refractivity contribution in [3.8, 4) is 89.9 Å². The summed E-state index contributed by atoms with van der Waals surface area (Å²) < 4.78 is 12.2. The van der Waals surface area contributed by atoms with Crippen LogP contribution in [0.4, 0.5) is 0 Å². The molecule has 62 heavy (non-hydrogen) atoms. The number of rotatable bonds is 6. The molecule has 0 fully saturated rings. The van der Waals surface area contributed by atoms with Crippen molar-refractivity contribution >= 4 is 32.3 Å². The molecule has 0 bridgehead atoms. The van der Waals surface area contributed by atoms with Gasteiger partial charge in [0, 0.05) is 6.20 Å². The minimum absolute atomic E-state index is 0.475. The molecular weight excluding hydrogens is 755 g/mol. The van der Waals surface area contributed by atoms with E-state index in [2.05, 4.69) is 199 Å². The third-order valence-corrected chi connectivity index (χ3v) is 12.1. The Morgan fingerprint density at radius 2 is 0.645 bits per heavy atom. The van der Waals surface area contributed by atoms with Crippen molar-refractivity contribution < 1.29 is 9.47 Å². The van der Waals surface area contributed by atoms with Gasteiger partial charge in [-0.2, -0.15) is 0 Å². The van der Waals surface area contributed by atoms with E-state index in [9.17, 15) is 0 Å². The summed E-state index contributed by atoms with van der Waals surface area (Å²) in [5, 5.41) is 7.69. The molecule has 0 spiro atoms. The fourth-order valence-electron chi connectivity index (χ4n) is 9.09. The van der Waals surface area contributed by atoms with Gasteiger partial charge in [0.15, 0.2) is 17.2 Å². The maximum Gasteiger partial charge on any atom is 0.263 e. The van der Waals surface area contributed by atoms with Crippen molar-refractivity contribution in [2.45, 2.75) is 0 Å².